The SMILES string of the molecule is CC(C)C(NC(=O)c1cccs1)C(=O)OCC(=O)Nc1cc(Cl)c(Cl)cc1Cl. The minimum absolute atomic E-state index is 0.192. The number of thiophene rings is 1. The molecule has 0 fully saturated rings. The van der Waals surface area contributed by atoms with Gasteiger partial charge in [-0.05, 0) is 29.5 Å². The number of ether oxygens (including phenoxy) is 1. The van der Waals surface area contributed by atoms with Crippen molar-refractivity contribution in [2.24, 2.45) is 5.92 Å². The summed E-state index contributed by atoms with van der Waals surface area (Å²) in [5.74, 6) is -1.93. The molecule has 0 aliphatic rings. The first-order chi connectivity index (χ1) is 13.2. The Kier molecular flexibility index (Phi) is 8.12. The van der Waals surface area contributed by atoms with E-state index in [1.807, 2.05) is 0 Å². The van der Waals surface area contributed by atoms with Gasteiger partial charge in [-0.15, -0.1) is 11.3 Å². The first kappa shape index (κ1) is 22.5. The van der Waals surface area contributed by atoms with Gasteiger partial charge >= 0.3 is 5.97 Å². The van der Waals surface area contributed by atoms with Gasteiger partial charge in [-0.3, -0.25) is 9.59 Å². The molecule has 2 amide bonds. The van der Waals surface area contributed by atoms with E-state index >= 15 is 0 Å². The summed E-state index contributed by atoms with van der Waals surface area (Å²) in [5.41, 5.74) is 0.239. The van der Waals surface area contributed by atoms with Crippen molar-refractivity contribution in [1.29, 1.82) is 0 Å². The van der Waals surface area contributed by atoms with E-state index in [-0.39, 0.29) is 32.6 Å². The molecular weight excluding hydrogens is 447 g/mol. The molecule has 0 aliphatic heterocycles. The Labute approximate surface area is 181 Å². The monoisotopic (exact) mass is 462 g/mol. The van der Waals surface area contributed by atoms with Gasteiger partial charge in [-0.25, -0.2) is 4.79 Å². The van der Waals surface area contributed by atoms with E-state index in [0.29, 0.717) is 4.88 Å². The van der Waals surface area contributed by atoms with E-state index in [0.717, 1.165) is 0 Å². The Bertz CT molecular complexity index is 872. The van der Waals surface area contributed by atoms with Crippen LogP contribution in [0.4, 0.5) is 5.69 Å². The molecule has 1 aromatic heterocycles. The summed E-state index contributed by atoms with van der Waals surface area (Å²) >= 11 is 19.0. The van der Waals surface area contributed by atoms with E-state index in [1.54, 1.807) is 31.4 Å². The van der Waals surface area contributed by atoms with E-state index < -0.39 is 24.5 Å². The molecule has 1 unspecified atom stereocenters. The molecule has 0 saturated heterocycles. The van der Waals surface area contributed by atoms with Crippen molar-refractivity contribution >= 4 is 69.6 Å². The molecule has 28 heavy (non-hydrogen) atoms. The van der Waals surface area contributed by atoms with Crippen molar-refractivity contribution < 1.29 is 19.1 Å². The first-order valence-electron chi connectivity index (χ1n) is 8.14. The Morgan fingerprint density at radius 2 is 1.79 bits per heavy atom. The molecule has 2 N–H and O–H groups in total. The summed E-state index contributed by atoms with van der Waals surface area (Å²) in [5, 5.41) is 7.53. The number of nitrogens with one attached hydrogen (secondary N) is 2. The third-order valence-electron chi connectivity index (χ3n) is 3.58. The second-order valence-corrected chi connectivity index (χ2v) is 8.24. The van der Waals surface area contributed by atoms with E-state index in [2.05, 4.69) is 10.6 Å². The summed E-state index contributed by atoms with van der Waals surface area (Å²) in [6.45, 7) is 2.97. The van der Waals surface area contributed by atoms with Crippen LogP contribution in [-0.2, 0) is 14.3 Å². The Morgan fingerprint density at radius 3 is 2.39 bits per heavy atom. The van der Waals surface area contributed by atoms with Crippen LogP contribution < -0.4 is 10.6 Å². The summed E-state index contributed by atoms with van der Waals surface area (Å²) in [6.07, 6.45) is 0. The van der Waals surface area contributed by atoms with E-state index in [4.69, 9.17) is 39.5 Å². The summed E-state index contributed by atoms with van der Waals surface area (Å²) in [4.78, 5) is 37.0. The molecule has 0 aliphatic carbocycles. The van der Waals surface area contributed by atoms with Gasteiger partial charge in [0.2, 0.25) is 0 Å². The Morgan fingerprint density at radius 1 is 1.11 bits per heavy atom. The van der Waals surface area contributed by atoms with Crippen LogP contribution in [-0.4, -0.2) is 30.4 Å². The van der Waals surface area contributed by atoms with Crippen LogP contribution in [0.1, 0.15) is 23.5 Å². The largest absolute Gasteiger partial charge is 0.454 e. The fraction of sp³-hybridized carbons (Fsp3) is 0.278. The average molecular weight is 464 g/mol. The van der Waals surface area contributed by atoms with Gasteiger partial charge in [0.05, 0.1) is 25.6 Å². The van der Waals surface area contributed by atoms with Gasteiger partial charge in [-0.2, -0.15) is 0 Å². The number of halogens is 3. The second-order valence-electron chi connectivity index (χ2n) is 6.07. The molecule has 0 bridgehead atoms. The number of anilines is 1. The van der Waals surface area contributed by atoms with E-state index in [1.165, 1.54) is 23.5 Å². The normalized spacial score (nSPS) is 11.8. The lowest BCUT2D eigenvalue weighted by atomic mass is 10.0. The van der Waals surface area contributed by atoms with Crippen molar-refractivity contribution in [2.45, 2.75) is 19.9 Å². The smallest absolute Gasteiger partial charge is 0.329 e. The Balaban J connectivity index is 1.94. The van der Waals surface area contributed by atoms with Crippen molar-refractivity contribution in [1.82, 2.24) is 5.32 Å². The number of esters is 1. The molecule has 150 valence electrons. The van der Waals surface area contributed by atoms with Gasteiger partial charge in [0.15, 0.2) is 6.61 Å². The van der Waals surface area contributed by atoms with Gasteiger partial charge in [0.25, 0.3) is 11.8 Å². The molecule has 6 nitrogen and oxygen atoms in total. The highest BCUT2D eigenvalue weighted by Gasteiger charge is 2.27. The minimum Gasteiger partial charge on any atom is -0.454 e. The number of carbonyl (C=O) groups is 3. The topological polar surface area (TPSA) is 84.5 Å². The molecule has 2 rings (SSSR count). The van der Waals surface area contributed by atoms with Crippen LogP contribution in [0.25, 0.3) is 0 Å². The highest BCUT2D eigenvalue weighted by atomic mass is 35.5. The van der Waals surface area contributed by atoms with Crippen LogP contribution in [0.15, 0.2) is 29.6 Å². The zero-order valence-corrected chi connectivity index (χ0v) is 18.0. The number of carbonyl (C=O) groups excluding carboxylic acids is 3. The highest BCUT2D eigenvalue weighted by Crippen LogP contribution is 2.32. The maximum absolute atomic E-state index is 12.3. The zero-order valence-electron chi connectivity index (χ0n) is 14.9. The zero-order chi connectivity index (χ0) is 20.8. The van der Waals surface area contributed by atoms with Crippen molar-refractivity contribution in [3.05, 3.63) is 49.6 Å². The quantitative estimate of drug-likeness (QED) is 0.462. The lowest BCUT2D eigenvalue weighted by molar-refractivity contribution is -0.150. The molecule has 10 heteroatoms. The molecule has 1 atom stereocenters. The lowest BCUT2D eigenvalue weighted by Gasteiger charge is -2.20. The van der Waals surface area contributed by atoms with Crippen LogP contribution in [0.3, 0.4) is 0 Å². The summed E-state index contributed by atoms with van der Waals surface area (Å²) in [7, 11) is 0. The summed E-state index contributed by atoms with van der Waals surface area (Å²) < 4.78 is 5.05. The standard InChI is InChI=1S/C18H17Cl3N2O4S/c1-9(2)16(23-17(25)14-4-3-5-28-14)18(26)27-8-15(24)22-13-7-11(20)10(19)6-12(13)21/h3-7,9,16H,8H2,1-2H3,(H,22,24)(H,23,25). The van der Waals surface area contributed by atoms with Gasteiger partial charge in [-0.1, -0.05) is 54.7 Å². The Hall–Kier alpha value is -1.80. The first-order valence-corrected chi connectivity index (χ1v) is 10.2. The third-order valence-corrected chi connectivity index (χ3v) is 5.49. The fourth-order valence-electron chi connectivity index (χ4n) is 2.15. The van der Waals surface area contributed by atoms with Crippen LogP contribution in [0.5, 0.6) is 0 Å². The number of hydrogen-bond acceptors (Lipinski definition) is 5. The molecule has 1 heterocycles. The third kappa shape index (κ3) is 6.10. The number of rotatable bonds is 7. The maximum Gasteiger partial charge on any atom is 0.329 e. The summed E-state index contributed by atoms with van der Waals surface area (Å²) in [6, 6.07) is 5.28. The molecule has 2 aromatic rings. The number of hydrogen-bond donors (Lipinski definition) is 2. The minimum atomic E-state index is -0.893. The molecule has 0 radical (unpaired) electrons. The van der Waals surface area contributed by atoms with Crippen molar-refractivity contribution in [2.75, 3.05) is 11.9 Å². The molecule has 0 spiro atoms. The predicted octanol–water partition coefficient (Wildman–Crippen LogP) is 4.64. The van der Waals surface area contributed by atoms with Gasteiger partial charge < -0.3 is 15.4 Å². The number of amides is 2. The van der Waals surface area contributed by atoms with Crippen molar-refractivity contribution in [3.63, 3.8) is 0 Å². The van der Waals surface area contributed by atoms with Gasteiger partial charge in [0.1, 0.15) is 6.04 Å². The molecule has 1 aromatic carbocycles. The molecule has 0 saturated carbocycles. The second kappa shape index (κ2) is 10.1. The van der Waals surface area contributed by atoms with Crippen LogP contribution in [0, 0.1) is 5.92 Å². The van der Waals surface area contributed by atoms with Crippen LogP contribution in [0.2, 0.25) is 15.1 Å². The molecular formula is C18H17Cl3N2O4S. The fourth-order valence-corrected chi connectivity index (χ4v) is 3.37. The highest BCUT2D eigenvalue weighted by molar-refractivity contribution is 7.12. The van der Waals surface area contributed by atoms with Crippen molar-refractivity contribution in [3.8, 4) is 0 Å². The van der Waals surface area contributed by atoms with Gasteiger partial charge in [0, 0.05) is 0 Å². The predicted molar refractivity (Wildman–Crippen MR) is 111 cm³/mol. The average Bonchev–Trinajstić information content (AvgIpc) is 3.16. The lowest BCUT2D eigenvalue weighted by Crippen LogP contribution is -2.45. The number of benzene rings is 1. The van der Waals surface area contributed by atoms with Crippen LogP contribution >= 0.6 is 46.1 Å². The van der Waals surface area contributed by atoms with E-state index in [9.17, 15) is 14.4 Å². The maximum atomic E-state index is 12.3.